The van der Waals surface area contributed by atoms with E-state index in [9.17, 15) is 0 Å². The second-order valence-electron chi connectivity index (χ2n) is 5.63. The average molecular weight is 290 g/mol. The zero-order chi connectivity index (χ0) is 16.1. The third-order valence-electron chi connectivity index (χ3n) is 3.81. The van der Waals surface area contributed by atoms with Crippen molar-refractivity contribution in [2.24, 2.45) is 11.7 Å². The van der Waals surface area contributed by atoms with Crippen LogP contribution >= 0.6 is 0 Å². The summed E-state index contributed by atoms with van der Waals surface area (Å²) >= 11 is 0. The Bertz CT molecular complexity index is 383. The fourth-order valence-electron chi connectivity index (χ4n) is 2.53. The number of unbranched alkanes of at least 4 members (excludes halogenated alkanes) is 1. The van der Waals surface area contributed by atoms with E-state index in [0.717, 1.165) is 25.3 Å². The molecule has 1 heteroatoms. The summed E-state index contributed by atoms with van der Waals surface area (Å²) in [6.45, 7) is 11.6. The highest BCUT2D eigenvalue weighted by Gasteiger charge is 2.14. The molecule has 0 radical (unpaired) electrons. The highest BCUT2D eigenvalue weighted by atomic mass is 14.5. The van der Waals surface area contributed by atoms with Crippen LogP contribution in [0.1, 0.15) is 66.7 Å². The first-order chi connectivity index (χ1) is 10.1. The van der Waals surface area contributed by atoms with Gasteiger partial charge in [0.2, 0.25) is 0 Å². The topological polar surface area (TPSA) is 26.0 Å². The molecule has 120 valence electrons. The lowest BCUT2D eigenvalue weighted by Crippen LogP contribution is -2.06. The molecule has 0 amide bonds. The summed E-state index contributed by atoms with van der Waals surface area (Å²) < 4.78 is 0. The van der Waals surface area contributed by atoms with E-state index in [1.165, 1.54) is 24.8 Å². The number of hydrogen-bond donors (Lipinski definition) is 1. The Morgan fingerprint density at radius 1 is 1.33 bits per heavy atom. The van der Waals surface area contributed by atoms with E-state index in [2.05, 4.69) is 51.2 Å². The van der Waals surface area contributed by atoms with Gasteiger partial charge in [0.05, 0.1) is 0 Å². The van der Waals surface area contributed by atoms with Crippen molar-refractivity contribution in [1.29, 1.82) is 0 Å². The third kappa shape index (κ3) is 8.72. The van der Waals surface area contributed by atoms with Crippen LogP contribution in [-0.2, 0) is 0 Å². The van der Waals surface area contributed by atoms with Crippen LogP contribution in [0, 0.1) is 5.92 Å². The number of allylic oxidation sites excluding steroid dienone is 8. The standard InChI is InChI=1S/C18H29N.C2H6/c1-15(9-6-4-5-7-14-19)12-13-18-16(2)10-8-11-17(18)3;1-2/h4,6,9,12-13,16H,5,7-8,10-11,14,19H2,1-3H3;1-2H3/b6-4+,13-12+,15-9+;. The smallest absolute Gasteiger partial charge is 0.00743 e. The van der Waals surface area contributed by atoms with Crippen LogP contribution in [-0.4, -0.2) is 6.54 Å². The van der Waals surface area contributed by atoms with Crippen LogP contribution in [0.2, 0.25) is 0 Å². The van der Waals surface area contributed by atoms with Gasteiger partial charge in [-0.1, -0.05) is 62.3 Å². The fourth-order valence-corrected chi connectivity index (χ4v) is 2.53. The van der Waals surface area contributed by atoms with Gasteiger partial charge in [-0.15, -0.1) is 0 Å². The van der Waals surface area contributed by atoms with Crippen LogP contribution in [0.5, 0.6) is 0 Å². The first-order valence-electron chi connectivity index (χ1n) is 8.56. The first-order valence-corrected chi connectivity index (χ1v) is 8.56. The van der Waals surface area contributed by atoms with E-state index >= 15 is 0 Å². The molecule has 1 aliphatic rings. The second-order valence-corrected chi connectivity index (χ2v) is 5.63. The molecule has 0 aromatic heterocycles. The van der Waals surface area contributed by atoms with Crippen LogP contribution in [0.3, 0.4) is 0 Å². The Morgan fingerprint density at radius 3 is 2.67 bits per heavy atom. The Labute approximate surface area is 132 Å². The van der Waals surface area contributed by atoms with Crippen LogP contribution in [0.15, 0.2) is 47.1 Å². The molecule has 0 heterocycles. The van der Waals surface area contributed by atoms with Gasteiger partial charge in [-0.25, -0.2) is 0 Å². The Morgan fingerprint density at radius 2 is 2.05 bits per heavy atom. The van der Waals surface area contributed by atoms with Gasteiger partial charge in [0, 0.05) is 0 Å². The van der Waals surface area contributed by atoms with Crippen LogP contribution < -0.4 is 5.73 Å². The van der Waals surface area contributed by atoms with Gasteiger partial charge >= 0.3 is 0 Å². The van der Waals surface area contributed by atoms with E-state index in [4.69, 9.17) is 5.73 Å². The SMILES string of the molecule is CC.CC1=C(/C=C/C(C)=C/C=C/CCCN)C(C)CCC1. The normalized spacial score (nSPS) is 20.1. The highest BCUT2D eigenvalue weighted by molar-refractivity contribution is 5.34. The van der Waals surface area contributed by atoms with Gasteiger partial charge in [-0.2, -0.15) is 0 Å². The molecule has 1 atom stereocenters. The molecule has 21 heavy (non-hydrogen) atoms. The van der Waals surface area contributed by atoms with Gasteiger partial charge in [-0.05, 0) is 64.0 Å². The van der Waals surface area contributed by atoms with Crippen molar-refractivity contribution in [1.82, 2.24) is 0 Å². The van der Waals surface area contributed by atoms with E-state index in [1.807, 2.05) is 13.8 Å². The van der Waals surface area contributed by atoms with Crippen molar-refractivity contribution < 1.29 is 0 Å². The maximum Gasteiger partial charge on any atom is -0.00743 e. The van der Waals surface area contributed by atoms with Crippen molar-refractivity contribution in [3.63, 3.8) is 0 Å². The van der Waals surface area contributed by atoms with Gasteiger partial charge in [0.15, 0.2) is 0 Å². The molecular formula is C20H35N. The highest BCUT2D eigenvalue weighted by Crippen LogP contribution is 2.30. The summed E-state index contributed by atoms with van der Waals surface area (Å²) in [5.41, 5.74) is 9.89. The van der Waals surface area contributed by atoms with E-state index in [0.29, 0.717) is 0 Å². The molecule has 0 bridgehead atoms. The van der Waals surface area contributed by atoms with E-state index in [1.54, 1.807) is 11.1 Å². The van der Waals surface area contributed by atoms with E-state index < -0.39 is 0 Å². The van der Waals surface area contributed by atoms with Crippen LogP contribution in [0.25, 0.3) is 0 Å². The summed E-state index contributed by atoms with van der Waals surface area (Å²) in [7, 11) is 0. The summed E-state index contributed by atoms with van der Waals surface area (Å²) in [6, 6.07) is 0. The molecule has 0 aliphatic heterocycles. The Kier molecular flexibility index (Phi) is 12.0. The van der Waals surface area contributed by atoms with Crippen LogP contribution in [0.4, 0.5) is 0 Å². The molecule has 0 saturated carbocycles. The second kappa shape index (κ2) is 12.6. The molecule has 0 aromatic carbocycles. The summed E-state index contributed by atoms with van der Waals surface area (Å²) in [4.78, 5) is 0. The molecule has 1 nitrogen and oxygen atoms in total. The fraction of sp³-hybridized carbons (Fsp3) is 0.600. The number of rotatable bonds is 6. The minimum atomic E-state index is 0.720. The lowest BCUT2D eigenvalue weighted by Gasteiger charge is -2.22. The van der Waals surface area contributed by atoms with Gasteiger partial charge < -0.3 is 5.73 Å². The molecule has 0 fully saturated rings. The van der Waals surface area contributed by atoms with Crippen molar-refractivity contribution in [2.45, 2.75) is 66.7 Å². The lowest BCUT2D eigenvalue weighted by molar-refractivity contribution is 0.546. The summed E-state index contributed by atoms with van der Waals surface area (Å²) in [5.74, 6) is 0.720. The minimum absolute atomic E-state index is 0.720. The lowest BCUT2D eigenvalue weighted by atomic mass is 9.84. The van der Waals surface area contributed by atoms with Gasteiger partial charge in [0.25, 0.3) is 0 Å². The largest absolute Gasteiger partial charge is 0.330 e. The molecule has 1 unspecified atom stereocenters. The molecule has 0 spiro atoms. The van der Waals surface area contributed by atoms with Crippen molar-refractivity contribution in [3.05, 3.63) is 47.1 Å². The summed E-state index contributed by atoms with van der Waals surface area (Å²) in [6.07, 6.45) is 17.2. The Hall–Kier alpha value is -1.08. The van der Waals surface area contributed by atoms with Crippen molar-refractivity contribution in [3.8, 4) is 0 Å². The van der Waals surface area contributed by atoms with Gasteiger partial charge in [-0.3, -0.25) is 0 Å². The molecule has 2 N–H and O–H groups in total. The molecule has 0 saturated heterocycles. The predicted octanol–water partition coefficient (Wildman–Crippen LogP) is 5.95. The van der Waals surface area contributed by atoms with E-state index in [-0.39, 0.29) is 0 Å². The molecule has 1 aliphatic carbocycles. The zero-order valence-electron chi connectivity index (χ0n) is 14.8. The Balaban J connectivity index is 0.00000191. The third-order valence-corrected chi connectivity index (χ3v) is 3.81. The minimum Gasteiger partial charge on any atom is -0.330 e. The van der Waals surface area contributed by atoms with Crippen molar-refractivity contribution >= 4 is 0 Å². The maximum absolute atomic E-state index is 5.46. The maximum atomic E-state index is 5.46. The monoisotopic (exact) mass is 289 g/mol. The zero-order valence-corrected chi connectivity index (χ0v) is 14.8. The summed E-state index contributed by atoms with van der Waals surface area (Å²) in [5, 5.41) is 0. The molecule has 1 rings (SSSR count). The average Bonchev–Trinajstić information content (AvgIpc) is 2.48. The number of hydrogen-bond acceptors (Lipinski definition) is 1. The predicted molar refractivity (Wildman–Crippen MR) is 97.4 cm³/mol. The van der Waals surface area contributed by atoms with Crippen molar-refractivity contribution in [2.75, 3.05) is 6.54 Å². The van der Waals surface area contributed by atoms with Gasteiger partial charge in [0.1, 0.15) is 0 Å². The quantitative estimate of drug-likeness (QED) is 0.475. The molecular weight excluding hydrogens is 254 g/mol. The number of nitrogens with two attached hydrogens (primary N) is 1. The molecule has 0 aromatic rings. The first kappa shape index (κ1) is 19.9.